The molecule has 0 radical (unpaired) electrons. The highest BCUT2D eigenvalue weighted by atomic mass is 80.0. The summed E-state index contributed by atoms with van der Waals surface area (Å²) in [4.78, 5) is 0.0997. The van der Waals surface area contributed by atoms with Gasteiger partial charge in [0, 0.05) is 0 Å². The molecule has 3 nitrogen and oxygen atoms in total. The number of hydrogen-bond acceptors (Lipinski definition) is 3. The van der Waals surface area contributed by atoms with Gasteiger partial charge in [0.1, 0.15) is 0 Å². The lowest BCUT2D eigenvalue weighted by molar-refractivity contribution is 0.352. The van der Waals surface area contributed by atoms with Crippen molar-refractivity contribution in [2.24, 2.45) is 0 Å². The van der Waals surface area contributed by atoms with Crippen LogP contribution < -0.4 is 0 Å². The molecular weight excluding hydrogens is 404 g/mol. The first-order valence-corrected chi connectivity index (χ1v) is 7.17. The minimum Gasteiger partial charge on any atom is -0.225 e. The third-order valence-electron chi connectivity index (χ3n) is 1.24. The van der Waals surface area contributed by atoms with Crippen molar-refractivity contribution >= 4 is 57.9 Å². The molecule has 1 rings (SSSR count). The van der Waals surface area contributed by atoms with Gasteiger partial charge >= 0.3 is 0 Å². The van der Waals surface area contributed by atoms with E-state index in [0.717, 1.165) is 0 Å². The molecule has 0 unspecified atom stereocenters. The third-order valence-corrected chi connectivity index (χ3v) is 3.68. The van der Waals surface area contributed by atoms with E-state index in [0.29, 0.717) is 0 Å². The fourth-order valence-corrected chi connectivity index (χ4v) is 3.16. The topological polar surface area (TPSA) is 43.4 Å². The fourth-order valence-electron chi connectivity index (χ4n) is 0.760. The van der Waals surface area contributed by atoms with E-state index in [2.05, 4.69) is 47.8 Å². The Bertz CT molecular complexity index is 396. The Morgan fingerprint density at radius 3 is 2.00 bits per heavy atom. The Labute approximate surface area is 107 Å². The summed E-state index contributed by atoms with van der Waals surface area (Å²) in [5, 5.41) is 0. The first kappa shape index (κ1) is 12.6. The fraction of sp³-hybridized carbons (Fsp3) is 0.143. The Kier molecular flexibility index (Phi) is 4.16. The number of alkyl halides is 3. The van der Waals surface area contributed by atoms with Crippen LogP contribution in [-0.4, -0.2) is 10.7 Å². The molecule has 0 atom stereocenters. The van der Waals surface area contributed by atoms with Crippen LogP contribution in [0.2, 0.25) is 0 Å². The highest BCUT2D eigenvalue weighted by molar-refractivity contribution is 9.39. The zero-order valence-corrected chi connectivity index (χ0v) is 12.2. The van der Waals surface area contributed by atoms with E-state index in [-0.39, 0.29) is 4.90 Å². The quantitative estimate of drug-likeness (QED) is 0.557. The predicted molar refractivity (Wildman–Crippen MR) is 64.2 cm³/mol. The van der Waals surface area contributed by atoms with Gasteiger partial charge in [-0.25, -0.2) is 4.18 Å². The molecule has 0 aliphatic carbocycles. The Morgan fingerprint density at radius 2 is 1.57 bits per heavy atom. The maximum Gasteiger partial charge on any atom is 0.299 e. The van der Waals surface area contributed by atoms with Crippen LogP contribution in [-0.2, 0) is 14.3 Å². The maximum absolute atomic E-state index is 11.5. The zero-order chi connectivity index (χ0) is 10.8. The van der Waals surface area contributed by atoms with Gasteiger partial charge < -0.3 is 0 Å². The molecule has 0 heterocycles. The lowest BCUT2D eigenvalue weighted by atomic mass is 10.4. The average Bonchev–Trinajstić information content (AvgIpc) is 2.01. The zero-order valence-electron chi connectivity index (χ0n) is 6.65. The summed E-state index contributed by atoms with van der Waals surface area (Å²) in [7, 11) is -3.76. The summed E-state index contributed by atoms with van der Waals surface area (Å²) >= 11 is 8.83. The molecule has 0 N–H and O–H groups in total. The van der Waals surface area contributed by atoms with Crippen LogP contribution in [0.4, 0.5) is 0 Å². The normalized spacial score (nSPS) is 12.8. The van der Waals surface area contributed by atoms with Gasteiger partial charge in [-0.05, 0) is 59.9 Å². The van der Waals surface area contributed by atoms with E-state index in [1.54, 1.807) is 18.2 Å². The molecule has 14 heavy (non-hydrogen) atoms. The smallest absolute Gasteiger partial charge is 0.225 e. The van der Waals surface area contributed by atoms with Gasteiger partial charge in [0.05, 0.1) is 4.90 Å². The molecule has 7 heteroatoms. The summed E-state index contributed by atoms with van der Waals surface area (Å²) in [6, 6.07) is 7.87. The molecule has 1 aromatic rings. The van der Waals surface area contributed by atoms with Gasteiger partial charge in [0.15, 0.2) is 0 Å². The number of halogens is 3. The second-order valence-corrected chi connectivity index (χ2v) is 10.4. The van der Waals surface area contributed by atoms with Gasteiger partial charge in [0.25, 0.3) is 12.4 Å². The van der Waals surface area contributed by atoms with E-state index >= 15 is 0 Å². The highest BCUT2D eigenvalue weighted by Crippen LogP contribution is 2.37. The van der Waals surface area contributed by atoms with E-state index in [1.165, 1.54) is 12.1 Å². The summed E-state index contributed by atoms with van der Waals surface area (Å²) in [6.07, 6.45) is 0. The average molecular weight is 409 g/mol. The van der Waals surface area contributed by atoms with Crippen molar-refractivity contribution in [1.82, 2.24) is 0 Å². The molecule has 78 valence electrons. The van der Waals surface area contributed by atoms with Crippen LogP contribution >= 0.6 is 47.8 Å². The Hall–Kier alpha value is 0.570. The molecule has 0 bridgehead atoms. The molecule has 0 saturated carbocycles. The maximum atomic E-state index is 11.5. The van der Waals surface area contributed by atoms with Crippen molar-refractivity contribution in [2.45, 2.75) is 7.22 Å². The number of hydrogen-bond donors (Lipinski definition) is 0. The highest BCUT2D eigenvalue weighted by Gasteiger charge is 2.28. The molecular formula is C7H5Br3O3S. The molecule has 0 amide bonds. The van der Waals surface area contributed by atoms with Gasteiger partial charge in [0.2, 0.25) is 0 Å². The van der Waals surface area contributed by atoms with E-state index in [1.807, 2.05) is 0 Å². The molecule has 0 saturated heterocycles. The first-order chi connectivity index (χ1) is 6.31. The lowest BCUT2D eigenvalue weighted by Gasteiger charge is -2.12. The number of benzene rings is 1. The molecule has 0 aliphatic heterocycles. The van der Waals surface area contributed by atoms with Gasteiger partial charge in [-0.3, -0.25) is 0 Å². The van der Waals surface area contributed by atoms with Crippen molar-refractivity contribution in [1.29, 1.82) is 0 Å². The Morgan fingerprint density at radius 1 is 1.07 bits per heavy atom. The summed E-state index contributed by atoms with van der Waals surface area (Å²) in [5.74, 6) is 0. The van der Waals surface area contributed by atoms with Gasteiger partial charge in [-0.2, -0.15) is 8.42 Å². The Balaban J connectivity index is 2.99. The van der Waals surface area contributed by atoms with Crippen LogP contribution in [0.1, 0.15) is 0 Å². The second kappa shape index (κ2) is 4.61. The number of rotatable bonds is 2. The van der Waals surface area contributed by atoms with Crippen LogP contribution in [0, 0.1) is 0 Å². The third kappa shape index (κ3) is 3.98. The summed E-state index contributed by atoms with van der Waals surface area (Å²) < 4.78 is 26.5. The minimum atomic E-state index is -3.76. The summed E-state index contributed by atoms with van der Waals surface area (Å²) in [6.45, 7) is 0. The monoisotopic (exact) mass is 406 g/mol. The van der Waals surface area contributed by atoms with E-state index in [9.17, 15) is 8.42 Å². The van der Waals surface area contributed by atoms with Crippen LogP contribution in [0.15, 0.2) is 35.2 Å². The molecule has 1 aromatic carbocycles. The lowest BCUT2D eigenvalue weighted by Crippen LogP contribution is -2.15. The van der Waals surface area contributed by atoms with Crippen LogP contribution in [0.5, 0.6) is 0 Å². The summed E-state index contributed by atoms with van der Waals surface area (Å²) in [5.41, 5.74) is 0. The SMILES string of the molecule is O=S(=O)(OC(Br)(Br)Br)c1ccccc1. The largest absolute Gasteiger partial charge is 0.299 e. The van der Waals surface area contributed by atoms with E-state index in [4.69, 9.17) is 4.18 Å². The van der Waals surface area contributed by atoms with Gasteiger partial charge in [-0.15, -0.1) is 0 Å². The first-order valence-electron chi connectivity index (χ1n) is 3.39. The standard InChI is InChI=1S/C7H5Br3O3S/c8-7(9,10)13-14(11,12)6-4-2-1-3-5-6/h1-5H. The van der Waals surface area contributed by atoms with Crippen molar-refractivity contribution < 1.29 is 12.6 Å². The second-order valence-electron chi connectivity index (χ2n) is 2.30. The van der Waals surface area contributed by atoms with E-state index < -0.39 is 12.4 Å². The molecule has 0 aromatic heterocycles. The van der Waals surface area contributed by atoms with Crippen LogP contribution in [0.3, 0.4) is 0 Å². The van der Waals surface area contributed by atoms with Crippen molar-refractivity contribution in [3.63, 3.8) is 0 Å². The molecule has 0 aliphatic rings. The minimum absolute atomic E-state index is 0.0997. The molecule has 0 spiro atoms. The van der Waals surface area contributed by atoms with Crippen molar-refractivity contribution in [2.75, 3.05) is 0 Å². The van der Waals surface area contributed by atoms with Crippen molar-refractivity contribution in [3.05, 3.63) is 30.3 Å². The predicted octanol–water partition coefficient (Wildman–Crippen LogP) is 3.19. The van der Waals surface area contributed by atoms with Crippen molar-refractivity contribution in [3.8, 4) is 0 Å². The van der Waals surface area contributed by atoms with Crippen LogP contribution in [0.25, 0.3) is 0 Å². The van der Waals surface area contributed by atoms with Gasteiger partial charge in [-0.1, -0.05) is 18.2 Å². The molecule has 0 fully saturated rings.